The maximum Gasteiger partial charge on any atom is 0.274 e. The molecule has 0 unspecified atom stereocenters. The van der Waals surface area contributed by atoms with E-state index in [1.165, 1.54) is 4.68 Å². The molecule has 2 N–H and O–H groups in total. The van der Waals surface area contributed by atoms with Gasteiger partial charge in [0.1, 0.15) is 5.69 Å². The zero-order valence-electron chi connectivity index (χ0n) is 13.3. The van der Waals surface area contributed by atoms with E-state index in [2.05, 4.69) is 20.6 Å². The average molecular weight is 328 g/mol. The second-order valence-electron chi connectivity index (χ2n) is 5.53. The van der Waals surface area contributed by atoms with E-state index in [-0.39, 0.29) is 30.1 Å². The average Bonchev–Trinajstić information content (AvgIpc) is 3.29. The van der Waals surface area contributed by atoms with Crippen molar-refractivity contribution in [3.63, 3.8) is 0 Å². The van der Waals surface area contributed by atoms with Gasteiger partial charge in [0.15, 0.2) is 5.69 Å². The number of carbonyl (C=O) groups excluding carboxylic acids is 1. The molecule has 8 heteroatoms. The maximum atomic E-state index is 12.1. The smallest absolute Gasteiger partial charge is 0.274 e. The van der Waals surface area contributed by atoms with E-state index in [1.807, 2.05) is 0 Å². The Morgan fingerprint density at radius 2 is 2.12 bits per heavy atom. The Bertz CT molecular complexity index is 763. The Kier molecular flexibility index (Phi) is 4.57. The van der Waals surface area contributed by atoms with Crippen molar-refractivity contribution in [1.82, 2.24) is 20.3 Å². The fourth-order valence-electron chi connectivity index (χ4n) is 2.29. The van der Waals surface area contributed by atoms with Crippen LogP contribution >= 0.6 is 0 Å². The molecule has 1 fully saturated rings. The van der Waals surface area contributed by atoms with E-state index in [9.17, 15) is 15.0 Å². The van der Waals surface area contributed by atoms with Crippen molar-refractivity contribution >= 4 is 11.8 Å². The van der Waals surface area contributed by atoms with E-state index >= 15 is 0 Å². The number of aliphatic imine (C=N–C) groups is 1. The van der Waals surface area contributed by atoms with Crippen molar-refractivity contribution in [2.45, 2.75) is 32.4 Å². The summed E-state index contributed by atoms with van der Waals surface area (Å²) < 4.78 is 1.40. The second kappa shape index (κ2) is 6.79. The van der Waals surface area contributed by atoms with Crippen LogP contribution in [-0.2, 0) is 6.61 Å². The summed E-state index contributed by atoms with van der Waals surface area (Å²) in [6.45, 7) is 1.85. The standard InChI is InChI=1S/C16H19N5O3/c1-2-17-15(23)10-3-7-12(8-4-10)21-13(9-22)14(19-20-21)16(24)18-11-5-6-11/h3-4,7-8,11,22H,2,5-6,9H2,1H3,(H,17,23)(H,18,24)/p-1. The molecule has 1 saturated carbocycles. The van der Waals surface area contributed by atoms with Crippen molar-refractivity contribution in [1.29, 1.82) is 0 Å². The van der Waals surface area contributed by atoms with Gasteiger partial charge in [-0.25, -0.2) is 4.68 Å². The van der Waals surface area contributed by atoms with Gasteiger partial charge in [0.25, 0.3) is 5.91 Å². The van der Waals surface area contributed by atoms with Gasteiger partial charge in [-0.2, -0.15) is 0 Å². The summed E-state index contributed by atoms with van der Waals surface area (Å²) in [5.74, 6) is -0.615. The topological polar surface area (TPSA) is 115 Å². The molecule has 0 radical (unpaired) electrons. The predicted molar refractivity (Wildman–Crippen MR) is 84.8 cm³/mol. The third-order valence-corrected chi connectivity index (χ3v) is 3.70. The Morgan fingerprint density at radius 3 is 2.71 bits per heavy atom. The van der Waals surface area contributed by atoms with Gasteiger partial charge in [0, 0.05) is 12.6 Å². The molecule has 1 aliphatic rings. The van der Waals surface area contributed by atoms with Crippen LogP contribution in [0.15, 0.2) is 29.3 Å². The molecule has 1 aromatic heterocycles. The number of aliphatic hydroxyl groups is 1. The number of nitrogens with zero attached hydrogens (tertiary/aromatic N) is 4. The molecule has 0 spiro atoms. The molecule has 1 amide bonds. The fourth-order valence-corrected chi connectivity index (χ4v) is 2.29. The van der Waals surface area contributed by atoms with Gasteiger partial charge in [0.05, 0.1) is 12.3 Å². The van der Waals surface area contributed by atoms with Gasteiger partial charge in [-0.05, 0) is 43.4 Å². The summed E-state index contributed by atoms with van der Waals surface area (Å²) in [5.41, 5.74) is 1.50. The van der Waals surface area contributed by atoms with E-state index in [0.29, 0.717) is 23.5 Å². The number of carbonyl (C=O) groups is 1. The zero-order chi connectivity index (χ0) is 17.1. The highest BCUT2D eigenvalue weighted by molar-refractivity contribution is 5.94. The Balaban J connectivity index is 1.87. The van der Waals surface area contributed by atoms with Gasteiger partial charge in [0.2, 0.25) is 0 Å². The number of aromatic nitrogens is 3. The predicted octanol–water partition coefficient (Wildman–Crippen LogP) is -0.221. The van der Waals surface area contributed by atoms with Crippen LogP contribution in [0.3, 0.4) is 0 Å². The van der Waals surface area contributed by atoms with E-state index < -0.39 is 0 Å². The molecule has 0 saturated heterocycles. The van der Waals surface area contributed by atoms with Crippen LogP contribution < -0.4 is 10.4 Å². The van der Waals surface area contributed by atoms with Gasteiger partial charge < -0.3 is 20.5 Å². The summed E-state index contributed by atoms with van der Waals surface area (Å²) in [7, 11) is 0. The molecule has 1 heterocycles. The third kappa shape index (κ3) is 3.28. The first-order valence-corrected chi connectivity index (χ1v) is 7.82. The van der Waals surface area contributed by atoms with Gasteiger partial charge in [-0.3, -0.25) is 4.79 Å². The number of nitrogens with one attached hydrogen (secondary N) is 1. The number of aliphatic hydroxyl groups excluding tert-OH is 1. The maximum absolute atomic E-state index is 12.1. The second-order valence-corrected chi connectivity index (χ2v) is 5.53. The summed E-state index contributed by atoms with van der Waals surface area (Å²) >= 11 is 0. The first kappa shape index (κ1) is 16.1. The minimum absolute atomic E-state index is 0.116. The van der Waals surface area contributed by atoms with Crippen molar-refractivity contribution < 1.29 is 15.0 Å². The van der Waals surface area contributed by atoms with Crippen molar-refractivity contribution in [2.75, 3.05) is 6.54 Å². The summed E-state index contributed by atoms with van der Waals surface area (Å²) in [6, 6.07) is 6.80. The number of amides is 1. The van der Waals surface area contributed by atoms with Gasteiger partial charge in [-0.15, -0.1) is 5.10 Å². The van der Waals surface area contributed by atoms with Crippen LogP contribution in [0, 0.1) is 0 Å². The molecule has 1 aromatic carbocycles. The monoisotopic (exact) mass is 328 g/mol. The third-order valence-electron chi connectivity index (χ3n) is 3.70. The Labute approximate surface area is 138 Å². The molecule has 0 aliphatic heterocycles. The SMILES string of the molecule is CCN=C([O-])c1ccc(-n2nnc(C(=O)NC3CC3)c2CO)cc1. The molecule has 2 aromatic rings. The molecular weight excluding hydrogens is 310 g/mol. The summed E-state index contributed by atoms with van der Waals surface area (Å²) in [5, 5.41) is 32.0. The molecule has 24 heavy (non-hydrogen) atoms. The lowest BCUT2D eigenvalue weighted by Crippen LogP contribution is -2.27. The van der Waals surface area contributed by atoms with Crippen molar-refractivity contribution in [3.8, 4) is 5.69 Å². The minimum Gasteiger partial charge on any atom is -0.858 e. The van der Waals surface area contributed by atoms with E-state index in [1.54, 1.807) is 31.2 Å². The number of benzene rings is 1. The first-order valence-electron chi connectivity index (χ1n) is 7.82. The van der Waals surface area contributed by atoms with Crippen LogP contribution in [0.4, 0.5) is 0 Å². The summed E-state index contributed by atoms with van der Waals surface area (Å²) in [6.07, 6.45) is 1.93. The van der Waals surface area contributed by atoms with Crippen LogP contribution in [0.1, 0.15) is 41.5 Å². The number of hydrogen-bond donors (Lipinski definition) is 2. The van der Waals surface area contributed by atoms with Gasteiger partial charge >= 0.3 is 0 Å². The van der Waals surface area contributed by atoms with Crippen molar-refractivity contribution in [3.05, 3.63) is 41.2 Å². The van der Waals surface area contributed by atoms with Crippen LogP contribution in [0.2, 0.25) is 0 Å². The highest BCUT2D eigenvalue weighted by Gasteiger charge is 2.27. The highest BCUT2D eigenvalue weighted by atomic mass is 16.3. The largest absolute Gasteiger partial charge is 0.858 e. The first-order chi connectivity index (χ1) is 11.6. The lowest BCUT2D eigenvalue weighted by atomic mass is 10.2. The molecule has 0 atom stereocenters. The number of rotatable bonds is 6. The van der Waals surface area contributed by atoms with Crippen molar-refractivity contribution in [2.24, 2.45) is 4.99 Å². The highest BCUT2D eigenvalue weighted by Crippen LogP contribution is 2.20. The molecule has 0 bridgehead atoms. The molecular formula is C16H18N5O3-. The Hall–Kier alpha value is -2.74. The van der Waals surface area contributed by atoms with E-state index in [0.717, 1.165) is 12.8 Å². The molecule has 1 aliphatic carbocycles. The lowest BCUT2D eigenvalue weighted by Gasteiger charge is -2.11. The molecule has 8 nitrogen and oxygen atoms in total. The minimum atomic E-state index is -0.369. The zero-order valence-corrected chi connectivity index (χ0v) is 13.3. The molecule has 126 valence electrons. The van der Waals surface area contributed by atoms with Crippen LogP contribution in [-0.4, -0.2) is 44.5 Å². The van der Waals surface area contributed by atoms with Gasteiger partial charge in [-0.1, -0.05) is 17.3 Å². The number of hydrogen-bond acceptors (Lipinski definition) is 6. The van der Waals surface area contributed by atoms with Crippen LogP contribution in [0.5, 0.6) is 0 Å². The summed E-state index contributed by atoms with van der Waals surface area (Å²) in [4.78, 5) is 16.0. The fraction of sp³-hybridized carbons (Fsp3) is 0.375. The Morgan fingerprint density at radius 1 is 1.42 bits per heavy atom. The van der Waals surface area contributed by atoms with Crippen LogP contribution in [0.25, 0.3) is 5.69 Å². The lowest BCUT2D eigenvalue weighted by molar-refractivity contribution is -0.213. The quantitative estimate of drug-likeness (QED) is 0.562. The van der Waals surface area contributed by atoms with E-state index in [4.69, 9.17) is 0 Å². The normalized spacial score (nSPS) is 14.7. The molecule has 3 rings (SSSR count).